The van der Waals surface area contributed by atoms with Gasteiger partial charge in [0.05, 0.1) is 0 Å². The molecule has 0 saturated heterocycles. The predicted molar refractivity (Wildman–Crippen MR) is 250 cm³/mol. The van der Waals surface area contributed by atoms with Gasteiger partial charge in [0, 0.05) is 16.2 Å². The van der Waals surface area contributed by atoms with E-state index in [1.165, 1.54) is 131 Å². The van der Waals surface area contributed by atoms with Crippen LogP contribution in [0.25, 0.3) is 82.9 Å². The average molecular weight is 761 g/mol. The lowest BCUT2D eigenvalue weighted by Crippen LogP contribution is -2.07. The maximum atomic E-state index is 2.43. The first-order chi connectivity index (χ1) is 28.5. The summed E-state index contributed by atoms with van der Waals surface area (Å²) in [4.78, 5) is 2.74. The summed E-state index contributed by atoms with van der Waals surface area (Å²) in [5.74, 6) is 0. The van der Waals surface area contributed by atoms with Crippen LogP contribution < -0.4 is 0 Å². The molecule has 0 bridgehead atoms. The second kappa shape index (κ2) is 13.8. The minimum absolute atomic E-state index is 0.888. The molecule has 0 atom stereocenters. The fraction of sp³-hybridized carbons (Fsp3) is 0.123. The smallest absolute Gasteiger partial charge is 0.0236 e. The topological polar surface area (TPSA) is 0 Å². The summed E-state index contributed by atoms with van der Waals surface area (Å²) in [6.45, 7) is 9.06. The molecule has 9 aromatic rings. The first kappa shape index (κ1) is 35.0. The summed E-state index contributed by atoms with van der Waals surface area (Å²) >= 11 is 1.97. The van der Waals surface area contributed by atoms with Crippen LogP contribution in [-0.2, 0) is 12.8 Å². The van der Waals surface area contributed by atoms with Crippen molar-refractivity contribution >= 4 is 50.2 Å². The third kappa shape index (κ3) is 5.30. The molecule has 1 aliphatic heterocycles. The summed E-state index contributed by atoms with van der Waals surface area (Å²) in [5, 5.41) is 7.93. The van der Waals surface area contributed by atoms with E-state index >= 15 is 0 Å². The van der Waals surface area contributed by atoms with Gasteiger partial charge in [0.15, 0.2) is 0 Å². The molecule has 0 nitrogen and oxygen atoms in total. The van der Waals surface area contributed by atoms with Crippen molar-refractivity contribution in [3.63, 3.8) is 0 Å². The summed E-state index contributed by atoms with van der Waals surface area (Å²) < 4.78 is 0. The molecule has 1 aliphatic carbocycles. The van der Waals surface area contributed by atoms with Crippen LogP contribution in [0, 0.1) is 27.7 Å². The van der Waals surface area contributed by atoms with Crippen LogP contribution in [-0.4, -0.2) is 0 Å². The molecule has 1 heteroatoms. The third-order valence-electron chi connectivity index (χ3n) is 12.9. The predicted octanol–water partition coefficient (Wildman–Crippen LogP) is 16.1. The van der Waals surface area contributed by atoms with Gasteiger partial charge in [-0.05, 0) is 168 Å². The number of hydrogen-bond acceptors (Lipinski definition) is 1. The van der Waals surface area contributed by atoms with Crippen LogP contribution in [0.2, 0.25) is 0 Å². The van der Waals surface area contributed by atoms with Crippen LogP contribution in [0.1, 0.15) is 50.9 Å². The summed E-state index contributed by atoms with van der Waals surface area (Å²) in [6.07, 6.45) is 7.81. The molecule has 1 heterocycles. The highest BCUT2D eigenvalue weighted by atomic mass is 32.2. The van der Waals surface area contributed by atoms with Crippen LogP contribution in [0.4, 0.5) is 0 Å². The number of fused-ring (bicyclic) bond motifs is 6. The maximum Gasteiger partial charge on any atom is 0.0236 e. The highest BCUT2D eigenvalue weighted by Gasteiger charge is 2.29. The molecular formula is C57H44S. The number of rotatable bonds is 4. The lowest BCUT2D eigenvalue weighted by atomic mass is 9.78. The molecular weight excluding hydrogens is 717 g/mol. The van der Waals surface area contributed by atoms with Crippen molar-refractivity contribution in [3.8, 4) is 44.5 Å². The van der Waals surface area contributed by atoms with Gasteiger partial charge >= 0.3 is 0 Å². The fourth-order valence-electron chi connectivity index (χ4n) is 10.5. The zero-order chi connectivity index (χ0) is 39.1. The van der Waals surface area contributed by atoms with Crippen molar-refractivity contribution in [2.24, 2.45) is 0 Å². The van der Waals surface area contributed by atoms with Gasteiger partial charge in [0.1, 0.15) is 0 Å². The largest absolute Gasteiger partial charge is 0.0888 e. The molecule has 58 heavy (non-hydrogen) atoms. The molecule has 0 aromatic heterocycles. The minimum Gasteiger partial charge on any atom is -0.0888 e. The van der Waals surface area contributed by atoms with E-state index in [4.69, 9.17) is 0 Å². The highest BCUT2D eigenvalue weighted by molar-refractivity contribution is 7.99. The average Bonchev–Trinajstić information content (AvgIpc) is 3.25. The Hall–Kier alpha value is -6.15. The first-order valence-corrected chi connectivity index (χ1v) is 21.5. The van der Waals surface area contributed by atoms with Crippen molar-refractivity contribution < 1.29 is 0 Å². The lowest BCUT2D eigenvalue weighted by molar-refractivity contribution is 0.990. The van der Waals surface area contributed by atoms with Gasteiger partial charge in [0.2, 0.25) is 0 Å². The number of aryl methyl sites for hydroxylation is 4. The maximum absolute atomic E-state index is 2.43. The number of hydrogen-bond donors (Lipinski definition) is 0. The molecule has 9 aromatic carbocycles. The molecule has 0 amide bonds. The lowest BCUT2D eigenvalue weighted by Gasteiger charge is -2.28. The van der Waals surface area contributed by atoms with E-state index < -0.39 is 0 Å². The Kier molecular flexibility index (Phi) is 8.31. The van der Waals surface area contributed by atoms with Crippen molar-refractivity contribution in [2.45, 2.75) is 56.7 Å². The molecule has 0 fully saturated rings. The second-order valence-corrected chi connectivity index (χ2v) is 17.4. The summed E-state index contributed by atoms with van der Waals surface area (Å²) in [6, 6.07) is 54.9. The van der Waals surface area contributed by atoms with E-state index in [1.54, 1.807) is 0 Å². The van der Waals surface area contributed by atoms with Gasteiger partial charge in [-0.25, -0.2) is 0 Å². The SMILES string of the molecule is Cc1cccc(C)c1-c1c2c(c(-c3cccc4c3Sc3cccc(-c5c6ccccc6c(-c6c(C)cccc6C)c6ccccc56)c3C4)c3ccccc13)C=CCC2. The highest BCUT2D eigenvalue weighted by Crippen LogP contribution is 2.53. The molecule has 0 unspecified atom stereocenters. The molecule has 0 spiro atoms. The molecule has 0 N–H and O–H groups in total. The molecule has 11 rings (SSSR count). The van der Waals surface area contributed by atoms with E-state index in [-0.39, 0.29) is 0 Å². The van der Waals surface area contributed by atoms with E-state index in [2.05, 4.69) is 185 Å². The first-order valence-electron chi connectivity index (χ1n) is 20.7. The monoisotopic (exact) mass is 760 g/mol. The third-order valence-corrected chi connectivity index (χ3v) is 14.2. The Morgan fingerprint density at radius 1 is 0.397 bits per heavy atom. The van der Waals surface area contributed by atoms with Crippen molar-refractivity contribution in [3.05, 3.63) is 196 Å². The van der Waals surface area contributed by atoms with Crippen molar-refractivity contribution in [1.82, 2.24) is 0 Å². The van der Waals surface area contributed by atoms with E-state index in [1.807, 2.05) is 11.8 Å². The second-order valence-electron chi connectivity index (χ2n) is 16.4. The Morgan fingerprint density at radius 2 is 0.879 bits per heavy atom. The molecule has 2 aliphatic rings. The van der Waals surface area contributed by atoms with Crippen LogP contribution in [0.15, 0.2) is 161 Å². The summed E-state index contributed by atoms with van der Waals surface area (Å²) in [5.41, 5.74) is 21.9. The van der Waals surface area contributed by atoms with Crippen LogP contribution in [0.5, 0.6) is 0 Å². The van der Waals surface area contributed by atoms with Crippen LogP contribution in [0.3, 0.4) is 0 Å². The summed E-state index contributed by atoms with van der Waals surface area (Å²) in [7, 11) is 0. The van der Waals surface area contributed by atoms with Gasteiger partial charge in [-0.15, -0.1) is 0 Å². The minimum atomic E-state index is 0.888. The van der Waals surface area contributed by atoms with Gasteiger partial charge in [-0.2, -0.15) is 0 Å². The quantitative estimate of drug-likeness (QED) is 0.161. The van der Waals surface area contributed by atoms with E-state index in [0.29, 0.717) is 0 Å². The van der Waals surface area contributed by atoms with E-state index in [0.717, 1.165) is 19.3 Å². The Morgan fingerprint density at radius 3 is 1.48 bits per heavy atom. The zero-order valence-corrected chi connectivity index (χ0v) is 34.4. The van der Waals surface area contributed by atoms with Crippen molar-refractivity contribution in [1.29, 1.82) is 0 Å². The van der Waals surface area contributed by atoms with Gasteiger partial charge in [0.25, 0.3) is 0 Å². The Bertz CT molecular complexity index is 3110. The van der Waals surface area contributed by atoms with Crippen molar-refractivity contribution in [2.75, 3.05) is 0 Å². The number of allylic oxidation sites excluding steroid dienone is 1. The standard InChI is InChI=1S/C57H44S/c1-34-17-13-18-35(2)51(34)55-43-26-9-5-22-39(43)53(40-23-6-10-27-44(40)55)47-30-16-32-50-49(47)33-38-21-15-31-48(57(38)58-50)54-41-24-7-11-28-45(41)56(46-29-12-8-25-42(46)54)52-36(3)19-14-20-37(52)4/h5-11,13-28,30-32H,12,29,33H2,1-4H3. The fourth-order valence-corrected chi connectivity index (χ4v) is 11.7. The number of benzene rings is 9. The normalized spacial score (nSPS) is 13.2. The zero-order valence-electron chi connectivity index (χ0n) is 33.5. The van der Waals surface area contributed by atoms with Gasteiger partial charge in [-0.3, -0.25) is 0 Å². The van der Waals surface area contributed by atoms with Crippen LogP contribution >= 0.6 is 11.8 Å². The molecule has 0 saturated carbocycles. The molecule has 278 valence electrons. The van der Waals surface area contributed by atoms with E-state index in [9.17, 15) is 0 Å². The molecule has 0 radical (unpaired) electrons. The van der Waals surface area contributed by atoms with Gasteiger partial charge < -0.3 is 0 Å². The Labute approximate surface area is 345 Å². The van der Waals surface area contributed by atoms with Gasteiger partial charge in [-0.1, -0.05) is 163 Å². The Balaban J connectivity index is 1.12.